The van der Waals surface area contributed by atoms with Crippen LogP contribution in [-0.4, -0.2) is 35.2 Å². The lowest BCUT2D eigenvalue weighted by molar-refractivity contribution is -0.118. The number of rotatable bonds is 12. The van der Waals surface area contributed by atoms with Gasteiger partial charge in [-0.1, -0.05) is 47.1 Å². The van der Waals surface area contributed by atoms with E-state index in [2.05, 4.69) is 20.7 Å². The van der Waals surface area contributed by atoms with Crippen molar-refractivity contribution in [2.75, 3.05) is 12.9 Å². The number of hydrazone groups is 1. The maximum Gasteiger partial charge on any atom is 0.277 e. The maximum absolute atomic E-state index is 13.1. The Labute approximate surface area is 237 Å². The van der Waals surface area contributed by atoms with Gasteiger partial charge in [0.15, 0.2) is 18.1 Å². The van der Waals surface area contributed by atoms with Gasteiger partial charge in [-0.2, -0.15) is 5.10 Å². The molecule has 1 aromatic heterocycles. The molecule has 202 valence electrons. The zero-order chi connectivity index (χ0) is 27.6. The maximum atomic E-state index is 13.1. The summed E-state index contributed by atoms with van der Waals surface area (Å²) in [6, 6.07) is 16.1. The van der Waals surface area contributed by atoms with Crippen LogP contribution in [0.5, 0.6) is 17.2 Å². The molecular formula is C26H21Cl2FN4O5S. The van der Waals surface area contributed by atoms with E-state index in [1.807, 2.05) is 0 Å². The van der Waals surface area contributed by atoms with Gasteiger partial charge >= 0.3 is 0 Å². The highest BCUT2D eigenvalue weighted by Crippen LogP contribution is 2.29. The van der Waals surface area contributed by atoms with Crippen molar-refractivity contribution < 1.29 is 27.8 Å². The Hall–Kier alpha value is -3.80. The van der Waals surface area contributed by atoms with Gasteiger partial charge in [0.1, 0.15) is 18.2 Å². The fourth-order valence-electron chi connectivity index (χ4n) is 3.05. The van der Waals surface area contributed by atoms with E-state index in [0.29, 0.717) is 32.9 Å². The molecule has 0 aliphatic heterocycles. The first-order chi connectivity index (χ1) is 18.9. The Morgan fingerprint density at radius 1 is 1.03 bits per heavy atom. The number of carbonyl (C=O) groups is 1. The molecule has 39 heavy (non-hydrogen) atoms. The first-order valence-electron chi connectivity index (χ1n) is 11.3. The van der Waals surface area contributed by atoms with Crippen molar-refractivity contribution in [3.63, 3.8) is 0 Å². The van der Waals surface area contributed by atoms with E-state index < -0.39 is 0 Å². The molecule has 0 fully saturated rings. The molecule has 0 atom stereocenters. The van der Waals surface area contributed by atoms with Crippen LogP contribution in [0, 0.1) is 5.82 Å². The van der Waals surface area contributed by atoms with Crippen molar-refractivity contribution in [3.8, 4) is 17.2 Å². The highest BCUT2D eigenvalue weighted by atomic mass is 35.5. The number of ether oxygens (including phenoxy) is 3. The van der Waals surface area contributed by atoms with Crippen molar-refractivity contribution in [1.82, 2.24) is 15.6 Å². The summed E-state index contributed by atoms with van der Waals surface area (Å²) >= 11 is 13.0. The monoisotopic (exact) mass is 590 g/mol. The van der Waals surface area contributed by atoms with E-state index in [-0.39, 0.29) is 41.8 Å². The van der Waals surface area contributed by atoms with E-state index >= 15 is 0 Å². The van der Waals surface area contributed by atoms with Gasteiger partial charge in [-0.15, -0.1) is 10.2 Å². The molecule has 3 aromatic carbocycles. The lowest BCUT2D eigenvalue weighted by atomic mass is 10.2. The molecule has 0 radical (unpaired) electrons. The Bertz CT molecular complexity index is 1450. The van der Waals surface area contributed by atoms with Crippen LogP contribution in [0.2, 0.25) is 10.0 Å². The lowest BCUT2D eigenvalue weighted by Gasteiger charge is -2.11. The summed E-state index contributed by atoms with van der Waals surface area (Å²) in [5.74, 6) is 0.972. The van der Waals surface area contributed by atoms with Crippen LogP contribution < -0.4 is 19.6 Å². The molecule has 1 heterocycles. The average molecular weight is 591 g/mol. The average Bonchev–Trinajstić information content (AvgIpc) is 3.39. The quantitative estimate of drug-likeness (QED) is 0.123. The summed E-state index contributed by atoms with van der Waals surface area (Å²) in [5, 5.41) is 12.8. The summed E-state index contributed by atoms with van der Waals surface area (Å²) < 4.78 is 35.2. The molecule has 0 bridgehead atoms. The number of aromatic nitrogens is 2. The molecule has 0 aliphatic rings. The molecule has 0 saturated heterocycles. The summed E-state index contributed by atoms with van der Waals surface area (Å²) in [4.78, 5) is 12.2. The predicted molar refractivity (Wildman–Crippen MR) is 145 cm³/mol. The van der Waals surface area contributed by atoms with Gasteiger partial charge in [-0.3, -0.25) is 4.79 Å². The fourth-order valence-corrected chi connectivity index (χ4v) is 4.09. The van der Waals surface area contributed by atoms with Crippen molar-refractivity contribution in [2.45, 2.75) is 18.4 Å². The van der Waals surface area contributed by atoms with Crippen molar-refractivity contribution in [1.29, 1.82) is 0 Å². The van der Waals surface area contributed by atoms with E-state index in [4.69, 9.17) is 41.8 Å². The zero-order valence-electron chi connectivity index (χ0n) is 20.4. The molecule has 0 aliphatic carbocycles. The van der Waals surface area contributed by atoms with Gasteiger partial charge in [0.05, 0.1) is 24.1 Å². The van der Waals surface area contributed by atoms with Crippen LogP contribution in [0.4, 0.5) is 4.39 Å². The van der Waals surface area contributed by atoms with Gasteiger partial charge in [-0.25, -0.2) is 9.82 Å². The second-order valence-corrected chi connectivity index (χ2v) is 9.50. The summed E-state index contributed by atoms with van der Waals surface area (Å²) in [5.41, 5.74) is 3.93. The third-order valence-corrected chi connectivity index (χ3v) is 6.27. The molecule has 0 unspecified atom stereocenters. The second-order valence-electron chi connectivity index (χ2n) is 7.73. The van der Waals surface area contributed by atoms with Crippen LogP contribution in [-0.2, 0) is 18.0 Å². The number of carbonyl (C=O) groups excluding carboxylic acids is 1. The van der Waals surface area contributed by atoms with E-state index in [1.54, 1.807) is 48.5 Å². The van der Waals surface area contributed by atoms with E-state index in [1.165, 1.54) is 25.5 Å². The first-order valence-corrected chi connectivity index (χ1v) is 13.0. The van der Waals surface area contributed by atoms with Crippen LogP contribution >= 0.6 is 35.0 Å². The number of amides is 1. The van der Waals surface area contributed by atoms with Crippen LogP contribution in [0.1, 0.15) is 17.0 Å². The van der Waals surface area contributed by atoms with Gasteiger partial charge in [0.25, 0.3) is 17.0 Å². The minimum Gasteiger partial charge on any atom is -0.493 e. The van der Waals surface area contributed by atoms with Crippen molar-refractivity contribution in [2.24, 2.45) is 5.10 Å². The summed E-state index contributed by atoms with van der Waals surface area (Å²) in [7, 11) is 1.52. The second kappa shape index (κ2) is 13.8. The largest absolute Gasteiger partial charge is 0.493 e. The molecule has 9 nitrogen and oxygen atoms in total. The Morgan fingerprint density at radius 3 is 2.56 bits per heavy atom. The summed E-state index contributed by atoms with van der Waals surface area (Å²) in [6.45, 7) is 0.258. The normalized spacial score (nSPS) is 11.0. The number of halogens is 3. The number of hydrogen-bond donors (Lipinski definition) is 1. The Balaban J connectivity index is 1.21. The van der Waals surface area contributed by atoms with Gasteiger partial charge in [-0.05, 0) is 59.7 Å². The topological polar surface area (TPSA) is 108 Å². The number of methoxy groups -OCH3 is 1. The molecule has 13 heteroatoms. The van der Waals surface area contributed by atoms with Gasteiger partial charge in [0.2, 0.25) is 0 Å². The standard InChI is InChI=1S/C26H21Cl2FN4O5S/c1-35-23-10-17(4-8-22(23)36-13-16-2-6-19(29)7-3-16)12-30-31-24(34)15-39-26-33-32-25(38-26)14-37-21-9-5-18(27)11-20(21)28/h2-12H,13-15H2,1H3,(H,31,34)/b30-12-. The van der Waals surface area contributed by atoms with Crippen molar-refractivity contribution >= 4 is 47.1 Å². The zero-order valence-corrected chi connectivity index (χ0v) is 22.7. The van der Waals surface area contributed by atoms with Crippen LogP contribution in [0.15, 0.2) is 75.4 Å². The van der Waals surface area contributed by atoms with Crippen LogP contribution in [0.3, 0.4) is 0 Å². The molecule has 0 saturated carbocycles. The number of thioether (sulfide) groups is 1. The predicted octanol–water partition coefficient (Wildman–Crippen LogP) is 5.92. The molecular weight excluding hydrogens is 570 g/mol. The fraction of sp³-hybridized carbons (Fsp3) is 0.154. The lowest BCUT2D eigenvalue weighted by Crippen LogP contribution is -2.19. The molecule has 4 aromatic rings. The third-order valence-electron chi connectivity index (χ3n) is 4.92. The number of hydrogen-bond acceptors (Lipinski definition) is 9. The highest BCUT2D eigenvalue weighted by molar-refractivity contribution is 7.99. The number of nitrogens with zero attached hydrogens (tertiary/aromatic N) is 3. The minimum atomic E-state index is -0.369. The smallest absolute Gasteiger partial charge is 0.277 e. The SMILES string of the molecule is COc1cc(/C=N\NC(=O)CSc2nnc(COc3ccc(Cl)cc3Cl)o2)ccc1OCc1ccc(F)cc1. The Kier molecular flexibility index (Phi) is 10.0. The number of benzene rings is 3. The summed E-state index contributed by atoms with van der Waals surface area (Å²) in [6.07, 6.45) is 1.47. The molecule has 1 N–H and O–H groups in total. The first kappa shape index (κ1) is 28.2. The van der Waals surface area contributed by atoms with E-state index in [9.17, 15) is 9.18 Å². The molecule has 1 amide bonds. The van der Waals surface area contributed by atoms with Gasteiger partial charge in [0, 0.05) is 5.02 Å². The number of nitrogens with one attached hydrogen (secondary N) is 1. The van der Waals surface area contributed by atoms with Crippen molar-refractivity contribution in [3.05, 3.63) is 93.5 Å². The molecule has 4 rings (SSSR count). The third kappa shape index (κ3) is 8.60. The molecule has 0 spiro atoms. The minimum absolute atomic E-state index is 0.00231. The highest BCUT2D eigenvalue weighted by Gasteiger charge is 2.11. The van der Waals surface area contributed by atoms with Gasteiger partial charge < -0.3 is 18.6 Å². The Morgan fingerprint density at radius 2 is 1.79 bits per heavy atom. The van der Waals surface area contributed by atoms with E-state index in [0.717, 1.165) is 17.3 Å². The van der Waals surface area contributed by atoms with Crippen LogP contribution in [0.25, 0.3) is 0 Å².